The predicted molar refractivity (Wildman–Crippen MR) is 391 cm³/mol. The van der Waals surface area contributed by atoms with Crippen LogP contribution < -0.4 is 26.2 Å². The number of fused-ring (bicyclic) bond motifs is 2. The average Bonchev–Trinajstić information content (AvgIpc) is 1.59. The van der Waals surface area contributed by atoms with Gasteiger partial charge in [-0.25, -0.2) is 0 Å². The van der Waals surface area contributed by atoms with E-state index in [9.17, 15) is 127 Å². The van der Waals surface area contributed by atoms with Gasteiger partial charge in [-0.2, -0.15) is 21.4 Å². The topological polar surface area (TPSA) is 592 Å². The van der Waals surface area contributed by atoms with E-state index in [4.69, 9.17) is 18.9 Å². The molecule has 111 heavy (non-hydrogen) atoms. The van der Waals surface area contributed by atoms with Crippen LogP contribution in [0.4, 0.5) is 11.4 Å². The highest BCUT2D eigenvalue weighted by Crippen LogP contribution is 2.52. The number of aliphatic hydroxyl groups is 16. The highest BCUT2D eigenvalue weighted by molar-refractivity contribution is 7.86. The molecule has 0 spiro atoms. The molecule has 6 aliphatic rings. The van der Waals surface area contributed by atoms with Gasteiger partial charge < -0.3 is 127 Å². The number of nitrogens with one attached hydrogen (secondary N) is 4. The molecule has 6 heterocycles. The van der Waals surface area contributed by atoms with E-state index in [1.54, 1.807) is 42.5 Å². The molecule has 0 bridgehead atoms. The molecule has 4 amide bonds. The molecule has 6 aliphatic heterocycles. The zero-order valence-corrected chi connectivity index (χ0v) is 63.3. The van der Waals surface area contributed by atoms with Crippen molar-refractivity contribution in [2.45, 2.75) is 273 Å². The molecule has 4 saturated heterocycles. The second-order valence-electron chi connectivity index (χ2n) is 29.4. The summed E-state index contributed by atoms with van der Waals surface area (Å²) in [5.74, 6) is -2.30. The van der Waals surface area contributed by atoms with Crippen molar-refractivity contribution in [3.63, 3.8) is 0 Å². The average molecular weight is 1610 g/mol. The summed E-state index contributed by atoms with van der Waals surface area (Å²) < 4.78 is 94.7. The van der Waals surface area contributed by atoms with Crippen molar-refractivity contribution in [2.75, 3.05) is 44.4 Å². The first-order valence-corrected chi connectivity index (χ1v) is 40.2. The van der Waals surface area contributed by atoms with Gasteiger partial charge in [-0.05, 0) is 107 Å². The van der Waals surface area contributed by atoms with E-state index >= 15 is 0 Å². The number of hydrogen-bond donors (Lipinski definition) is 22. The molecule has 4 fully saturated rings. The van der Waals surface area contributed by atoms with E-state index in [0.29, 0.717) is 124 Å². The van der Waals surface area contributed by atoms with Crippen molar-refractivity contribution >= 4 is 61.0 Å². The molecule has 0 aromatic heterocycles. The lowest BCUT2D eigenvalue weighted by Gasteiger charge is -2.40. The number of amides is 4. The molecule has 22 N–H and O–H groups in total. The minimum absolute atomic E-state index is 0.0724. The first kappa shape index (κ1) is 90.3. The number of aliphatic hydroxyl groups excluding tert-OH is 16. The zero-order valence-electron chi connectivity index (χ0n) is 61.7. The van der Waals surface area contributed by atoms with Crippen LogP contribution in [0.1, 0.15) is 141 Å². The molecule has 8 rings (SSSR count). The monoisotopic (exact) mass is 1610 g/mol. The molecule has 2 unspecified atom stereocenters. The van der Waals surface area contributed by atoms with Crippen molar-refractivity contribution in [1.82, 2.24) is 21.3 Å². The Kier molecular flexibility index (Phi) is 32.8. The molecule has 2 aromatic rings. The summed E-state index contributed by atoms with van der Waals surface area (Å²) in [7, 11) is -9.50. The van der Waals surface area contributed by atoms with Gasteiger partial charge in [0.2, 0.25) is 29.3 Å². The summed E-state index contributed by atoms with van der Waals surface area (Å²) in [6.45, 7) is 1.60. The molecular formula is C73H109N6O30S2+. The Bertz CT molecular complexity index is 3890. The zero-order chi connectivity index (χ0) is 81.4. The van der Waals surface area contributed by atoms with Crippen LogP contribution in [-0.4, -0.2) is 304 Å². The molecule has 2 aromatic carbocycles. The van der Waals surface area contributed by atoms with E-state index in [1.807, 2.05) is 35.5 Å². The number of carbonyl (C=O) groups is 4. The summed E-state index contributed by atoms with van der Waals surface area (Å²) in [6, 6.07) is 2.87. The van der Waals surface area contributed by atoms with Crippen LogP contribution in [0.5, 0.6) is 0 Å². The Hall–Kier alpha value is -6.23. The van der Waals surface area contributed by atoms with Gasteiger partial charge in [0, 0.05) is 73.2 Å². The molecule has 622 valence electrons. The summed E-state index contributed by atoms with van der Waals surface area (Å²) in [5.41, 5.74) is 1.61. The fourth-order valence-electron chi connectivity index (χ4n) is 15.3. The van der Waals surface area contributed by atoms with Gasteiger partial charge in [-0.3, -0.25) is 28.3 Å². The molecule has 0 aliphatic carbocycles. The van der Waals surface area contributed by atoms with Crippen molar-refractivity contribution in [3.05, 3.63) is 95.8 Å². The van der Waals surface area contributed by atoms with Gasteiger partial charge in [0.15, 0.2) is 30.9 Å². The van der Waals surface area contributed by atoms with Crippen LogP contribution >= 0.6 is 0 Å². The number of nitrogens with zero attached hydrogens (tertiary/aromatic N) is 2. The molecule has 22 atom stereocenters. The molecule has 38 heteroatoms. The summed E-state index contributed by atoms with van der Waals surface area (Å²) >= 11 is 0. The highest BCUT2D eigenvalue weighted by atomic mass is 32.2. The van der Waals surface area contributed by atoms with Crippen molar-refractivity contribution < 1.29 is 150 Å². The van der Waals surface area contributed by atoms with Gasteiger partial charge in [0.1, 0.15) is 104 Å². The Labute approximate surface area is 642 Å². The van der Waals surface area contributed by atoms with Crippen LogP contribution in [0.15, 0.2) is 94.4 Å². The smallest absolute Gasteiger partial charge is 0.294 e. The van der Waals surface area contributed by atoms with E-state index in [1.165, 1.54) is 24.3 Å². The number of rotatable bonds is 38. The number of unbranched alkanes of at least 4 members (excludes halogenated alkanes) is 8. The number of benzene rings is 2. The number of allylic oxidation sites excluding steroid dienone is 8. The molecule has 36 nitrogen and oxygen atoms in total. The second kappa shape index (κ2) is 40.4. The highest BCUT2D eigenvalue weighted by Gasteiger charge is 2.51. The first-order valence-electron chi connectivity index (χ1n) is 37.3. The fraction of sp³-hybridized carbons (Fsp3) is 0.658. The minimum Gasteiger partial charge on any atom is -0.394 e. The maximum atomic E-state index is 13.2. The minimum atomic E-state index is -4.75. The van der Waals surface area contributed by atoms with E-state index < -0.39 is 204 Å². The Morgan fingerprint density at radius 1 is 0.441 bits per heavy atom. The lowest BCUT2D eigenvalue weighted by molar-refractivity contribution is -0.438. The Balaban J connectivity index is 1.04. The number of ether oxygens (including phenoxy) is 4. The van der Waals surface area contributed by atoms with Crippen LogP contribution in [0.3, 0.4) is 0 Å². The maximum absolute atomic E-state index is 13.2. The van der Waals surface area contributed by atoms with Gasteiger partial charge in [-0.1, -0.05) is 62.5 Å². The summed E-state index contributed by atoms with van der Waals surface area (Å²) in [4.78, 5) is 53.9. The molecular weight excluding hydrogens is 1500 g/mol. The van der Waals surface area contributed by atoms with Crippen LogP contribution in [0.25, 0.3) is 0 Å². The van der Waals surface area contributed by atoms with Crippen molar-refractivity contribution in [1.29, 1.82) is 0 Å². The lowest BCUT2D eigenvalue weighted by atomic mass is 9.75. The Morgan fingerprint density at radius 2 is 0.793 bits per heavy atom. The summed E-state index contributed by atoms with van der Waals surface area (Å²) in [6.07, 6.45) is -7.72. The Morgan fingerprint density at radius 3 is 1.19 bits per heavy atom. The third kappa shape index (κ3) is 22.3. The van der Waals surface area contributed by atoms with Crippen LogP contribution in [0.2, 0.25) is 0 Å². The molecule has 0 saturated carbocycles. The van der Waals surface area contributed by atoms with Gasteiger partial charge in [0.25, 0.3) is 20.2 Å². The van der Waals surface area contributed by atoms with Crippen molar-refractivity contribution in [2.24, 2.45) is 0 Å². The SMILES string of the molecule is CC1(CCCCCC(=O)N[C@@H]2[C@@H](O)[C@H](O)[C@@H](CO)O[C@H]2O)C(/C=C/C=C/C=C/C=C2/N(CCCCCC(=O)N[C@H]3[C@H](O)[C@@H](O)[C@H](CO)O[C@@H]3O)c3ccc(S(=O)(=O)O)cc3C2(C)CCCCCC(=O)N[C@H]2[C@H](O)[C@@H](O)[C@H](CO)O[C@@H]2O)=[N+](CCCCCC(=O)N[C@H]2[C@H](O)[C@@H](O)[C@H](CO)O[C@@H]2O)c2ccc(S(=O)(=O)O)cc21. The van der Waals surface area contributed by atoms with Gasteiger partial charge in [-0.15, -0.1) is 0 Å². The summed E-state index contributed by atoms with van der Waals surface area (Å²) in [5, 5.41) is 174. The third-order valence-electron chi connectivity index (χ3n) is 21.6. The second-order valence-corrected chi connectivity index (χ2v) is 32.2. The van der Waals surface area contributed by atoms with E-state index in [-0.39, 0.29) is 48.3 Å². The van der Waals surface area contributed by atoms with E-state index in [2.05, 4.69) is 21.3 Å². The van der Waals surface area contributed by atoms with E-state index in [0.717, 1.165) is 0 Å². The number of hydrogen-bond acceptors (Lipinski definition) is 29. The van der Waals surface area contributed by atoms with Gasteiger partial charge in [0.05, 0.1) is 41.6 Å². The fourth-order valence-corrected chi connectivity index (χ4v) is 16.3. The normalized spacial score (nSPS) is 32.9. The number of anilines is 1. The quantitative estimate of drug-likeness (QED) is 0.0135. The standard InChI is InChI=1S/C73H108N6O30S2/c1-72(30-16-6-12-22-52(84)74-56-64(92)60(88)46(36-80)106-68(56)96)42-34-40(110(100,101)102)26-28-44(42)78(32-18-8-14-24-54(86)76-58-66(94)62(90)48(38-82)108-70(58)98)50(72)20-10-4-3-5-11-21-51-73(2,31-17-7-13-23-53(85)75-57-65(93)61(89)47(37-81)107-69(57)97)43-35-41(111(103,104)105)27-29-45(43)79(51)33-19-9-15-25-55(87)77-59-67(95)63(91)49(39-83)109-71(59)99/h3-5,10-11,20-21,26-29,34-35,46-49,56-71,80-83,88-99H,6-9,12-19,22-25,30-33,36-39H2,1-2H3,(H5-,74,75,76,77,84,85,86,87,100,101,102,103,104,105)/p+1/t46-,47+,48-,49-,56-,57+,58-,59-,60-,61+,62-,63-,64-,65+,66-,67-,68-,69+,70-,71-,72?,73?/m0/s1. The van der Waals surface area contributed by atoms with Gasteiger partial charge >= 0.3 is 0 Å². The first-order chi connectivity index (χ1) is 52.5. The van der Waals surface area contributed by atoms with Crippen molar-refractivity contribution in [3.8, 4) is 0 Å². The lowest BCUT2D eigenvalue weighted by Crippen LogP contribution is -2.64. The van der Waals surface area contributed by atoms with Crippen LogP contribution in [-0.2, 0) is 69.2 Å². The predicted octanol–water partition coefficient (Wildman–Crippen LogP) is -3.45. The number of carbonyl (C=O) groups excluding carboxylic acids is 4. The largest absolute Gasteiger partial charge is 0.394 e. The maximum Gasteiger partial charge on any atom is 0.294 e. The molecule has 0 radical (unpaired) electrons. The third-order valence-corrected chi connectivity index (χ3v) is 23.3. The van der Waals surface area contributed by atoms with Crippen LogP contribution in [0, 0.1) is 0 Å².